The summed E-state index contributed by atoms with van der Waals surface area (Å²) >= 11 is 0.322. The van der Waals surface area contributed by atoms with Gasteiger partial charge in [-0.05, 0) is 25.8 Å². The Balaban J connectivity index is 1.38. The van der Waals surface area contributed by atoms with Gasteiger partial charge in [0.2, 0.25) is 20.8 Å². The molecule has 0 unspecified atom stereocenters. The van der Waals surface area contributed by atoms with Crippen molar-refractivity contribution in [1.29, 1.82) is 0 Å². The molecule has 5 heterocycles. The average molecular weight is 583 g/mol. The van der Waals surface area contributed by atoms with Crippen molar-refractivity contribution < 1.29 is 30.9 Å². The second-order valence-electron chi connectivity index (χ2n) is 9.63. The first-order valence-electron chi connectivity index (χ1n) is 11.8. The van der Waals surface area contributed by atoms with Crippen LogP contribution in [0.3, 0.4) is 0 Å². The second-order valence-corrected chi connectivity index (χ2v) is 12.3. The van der Waals surface area contributed by atoms with Crippen molar-refractivity contribution in [3.8, 4) is 10.8 Å². The molecule has 1 saturated heterocycles. The molecular formula is C22H21F3N8O4S2. The molecule has 0 radical (unpaired) electrons. The number of imidazole rings is 1. The SMILES string of the molecule is CC1(NS(=O)(=O)c2cc(N3CCN(C(=O)c4ccno4)CC3)c3cnc(-c4nnc(C(F)(F)F)s4)n3c2)CC1. The van der Waals surface area contributed by atoms with Gasteiger partial charge < -0.3 is 14.3 Å². The highest BCUT2D eigenvalue weighted by Crippen LogP contribution is 2.38. The van der Waals surface area contributed by atoms with E-state index in [2.05, 4.69) is 25.1 Å². The number of amides is 1. The fraction of sp³-hybridized carbons (Fsp3) is 0.409. The van der Waals surface area contributed by atoms with Crippen molar-refractivity contribution in [3.05, 3.63) is 41.5 Å². The van der Waals surface area contributed by atoms with Crippen molar-refractivity contribution in [1.82, 2.24) is 34.4 Å². The lowest BCUT2D eigenvalue weighted by molar-refractivity contribution is -0.138. The summed E-state index contributed by atoms with van der Waals surface area (Å²) in [5.41, 5.74) is 0.435. The van der Waals surface area contributed by atoms with E-state index in [-0.39, 0.29) is 27.4 Å². The van der Waals surface area contributed by atoms with Gasteiger partial charge in [0.1, 0.15) is 4.90 Å². The molecule has 6 rings (SSSR count). The summed E-state index contributed by atoms with van der Waals surface area (Å²) in [6.45, 7) is 3.18. The molecule has 0 spiro atoms. The molecule has 39 heavy (non-hydrogen) atoms. The van der Waals surface area contributed by atoms with Crippen LogP contribution < -0.4 is 9.62 Å². The van der Waals surface area contributed by atoms with Crippen LogP contribution in [0, 0.1) is 0 Å². The molecule has 0 atom stereocenters. The maximum absolute atomic E-state index is 13.3. The average Bonchev–Trinajstić information content (AvgIpc) is 3.38. The number of anilines is 1. The fourth-order valence-electron chi connectivity index (χ4n) is 4.35. The number of rotatable bonds is 6. The zero-order chi connectivity index (χ0) is 27.6. The topological polar surface area (TPSA) is 139 Å². The number of halogens is 3. The molecule has 0 bridgehead atoms. The van der Waals surface area contributed by atoms with Gasteiger partial charge in [-0.15, -0.1) is 10.2 Å². The third-order valence-electron chi connectivity index (χ3n) is 6.70. The summed E-state index contributed by atoms with van der Waals surface area (Å²) in [5.74, 6) is -0.152. The zero-order valence-electron chi connectivity index (χ0n) is 20.3. The minimum Gasteiger partial charge on any atom is -0.366 e. The molecule has 1 saturated carbocycles. The summed E-state index contributed by atoms with van der Waals surface area (Å²) in [4.78, 5) is 20.4. The zero-order valence-corrected chi connectivity index (χ0v) is 22.0. The fourth-order valence-corrected chi connectivity index (χ4v) is 6.53. The van der Waals surface area contributed by atoms with Crippen LogP contribution in [0.2, 0.25) is 0 Å². The normalized spacial score (nSPS) is 17.6. The van der Waals surface area contributed by atoms with E-state index in [1.54, 1.807) is 11.8 Å². The third-order valence-corrected chi connectivity index (χ3v) is 9.27. The number of hydrogen-bond donors (Lipinski definition) is 1. The van der Waals surface area contributed by atoms with Gasteiger partial charge >= 0.3 is 6.18 Å². The minimum absolute atomic E-state index is 0.0352. The first-order chi connectivity index (χ1) is 18.4. The summed E-state index contributed by atoms with van der Waals surface area (Å²) < 4.78 is 75.3. The molecule has 206 valence electrons. The third kappa shape index (κ3) is 4.85. The molecule has 4 aromatic heterocycles. The molecule has 12 nitrogen and oxygen atoms in total. The Morgan fingerprint density at radius 3 is 2.54 bits per heavy atom. The van der Waals surface area contributed by atoms with E-state index in [9.17, 15) is 26.4 Å². The number of piperazine rings is 1. The van der Waals surface area contributed by atoms with Crippen molar-refractivity contribution in [2.75, 3.05) is 31.1 Å². The van der Waals surface area contributed by atoms with E-state index in [1.165, 1.54) is 35.1 Å². The lowest BCUT2D eigenvalue weighted by Crippen LogP contribution is -2.49. The van der Waals surface area contributed by atoms with E-state index in [0.717, 1.165) is 0 Å². The lowest BCUT2D eigenvalue weighted by atomic mass is 10.2. The van der Waals surface area contributed by atoms with E-state index in [4.69, 9.17) is 4.52 Å². The highest BCUT2D eigenvalue weighted by atomic mass is 32.2. The van der Waals surface area contributed by atoms with Gasteiger partial charge in [-0.1, -0.05) is 16.5 Å². The molecule has 1 aliphatic carbocycles. The molecule has 1 amide bonds. The highest BCUT2D eigenvalue weighted by Gasteiger charge is 2.42. The Morgan fingerprint density at radius 2 is 1.92 bits per heavy atom. The summed E-state index contributed by atoms with van der Waals surface area (Å²) in [7, 11) is -3.98. The first kappa shape index (κ1) is 25.7. The molecule has 2 fully saturated rings. The number of carbonyl (C=O) groups is 1. The predicted octanol–water partition coefficient (Wildman–Crippen LogP) is 2.65. The van der Waals surface area contributed by atoms with Gasteiger partial charge in [0.25, 0.3) is 5.91 Å². The summed E-state index contributed by atoms with van der Waals surface area (Å²) in [6.07, 6.45) is 0.892. The van der Waals surface area contributed by atoms with Gasteiger partial charge in [0.05, 0.1) is 23.6 Å². The minimum atomic E-state index is -4.67. The number of fused-ring (bicyclic) bond motifs is 1. The quantitative estimate of drug-likeness (QED) is 0.364. The molecular weight excluding hydrogens is 561 g/mol. The Bertz CT molecular complexity index is 1650. The van der Waals surface area contributed by atoms with E-state index in [1.807, 2.05) is 4.90 Å². The standard InChI is InChI=1S/C22H21F3N8O4S2/c1-21(3-4-21)30-39(35,36)13-10-14(31-6-8-32(9-7-31)19(34)16-2-5-27-37-16)15-11-26-17(33(15)12-13)18-28-29-20(38-18)22(23,24)25/h2,5,10-12,30H,3-4,6-9H2,1H3. The van der Waals surface area contributed by atoms with Crippen molar-refractivity contribution in [2.24, 2.45) is 0 Å². The van der Waals surface area contributed by atoms with Gasteiger partial charge in [-0.25, -0.2) is 18.1 Å². The van der Waals surface area contributed by atoms with Gasteiger partial charge in [0.15, 0.2) is 10.8 Å². The molecule has 0 aromatic carbocycles. The lowest BCUT2D eigenvalue weighted by Gasteiger charge is -2.36. The van der Waals surface area contributed by atoms with Crippen LogP contribution in [0.5, 0.6) is 0 Å². The number of carbonyl (C=O) groups excluding carboxylic acids is 1. The number of aromatic nitrogens is 5. The van der Waals surface area contributed by atoms with Crippen LogP contribution >= 0.6 is 11.3 Å². The number of hydrogen-bond acceptors (Lipinski definition) is 10. The molecule has 1 aliphatic heterocycles. The summed E-state index contributed by atoms with van der Waals surface area (Å²) in [5, 5.41) is 9.22. The monoisotopic (exact) mass is 582 g/mol. The molecule has 2 aliphatic rings. The van der Waals surface area contributed by atoms with Crippen LogP contribution in [-0.2, 0) is 16.2 Å². The van der Waals surface area contributed by atoms with Crippen LogP contribution in [0.15, 0.2) is 40.1 Å². The van der Waals surface area contributed by atoms with Gasteiger partial charge in [0, 0.05) is 44.0 Å². The maximum atomic E-state index is 13.3. The van der Waals surface area contributed by atoms with Crippen molar-refractivity contribution in [3.63, 3.8) is 0 Å². The van der Waals surface area contributed by atoms with Crippen molar-refractivity contribution in [2.45, 2.75) is 36.4 Å². The van der Waals surface area contributed by atoms with Crippen LogP contribution in [0.25, 0.3) is 16.3 Å². The number of pyridine rings is 1. The van der Waals surface area contributed by atoms with E-state index >= 15 is 0 Å². The van der Waals surface area contributed by atoms with Crippen molar-refractivity contribution >= 4 is 38.5 Å². The Hall–Kier alpha value is -3.57. The maximum Gasteiger partial charge on any atom is 0.445 e. The number of sulfonamides is 1. The number of nitrogens with one attached hydrogen (secondary N) is 1. The summed E-state index contributed by atoms with van der Waals surface area (Å²) in [6, 6.07) is 3.00. The van der Waals surface area contributed by atoms with E-state index < -0.39 is 26.7 Å². The van der Waals surface area contributed by atoms with Crippen LogP contribution in [-0.4, -0.2) is 75.7 Å². The first-order valence-corrected chi connectivity index (χ1v) is 14.1. The number of nitrogens with zero attached hydrogens (tertiary/aromatic N) is 7. The number of alkyl halides is 3. The smallest absolute Gasteiger partial charge is 0.366 e. The highest BCUT2D eigenvalue weighted by molar-refractivity contribution is 7.89. The van der Waals surface area contributed by atoms with Gasteiger partial charge in [-0.3, -0.25) is 9.20 Å². The van der Waals surface area contributed by atoms with E-state index in [0.29, 0.717) is 61.6 Å². The van der Waals surface area contributed by atoms with Gasteiger partial charge in [-0.2, -0.15) is 13.2 Å². The Kier molecular flexibility index (Phi) is 5.92. The Labute approximate surface area is 223 Å². The molecule has 4 aromatic rings. The molecule has 1 N–H and O–H groups in total. The van der Waals surface area contributed by atoms with Crippen LogP contribution in [0.1, 0.15) is 35.3 Å². The van der Waals surface area contributed by atoms with Crippen LogP contribution in [0.4, 0.5) is 18.9 Å². The Morgan fingerprint density at radius 1 is 1.18 bits per heavy atom. The second kappa shape index (κ2) is 8.99. The molecule has 17 heteroatoms. The predicted molar refractivity (Wildman–Crippen MR) is 132 cm³/mol. The largest absolute Gasteiger partial charge is 0.445 e.